The van der Waals surface area contributed by atoms with Gasteiger partial charge >= 0.3 is 0 Å². The number of hydrogen-bond acceptors (Lipinski definition) is 3. The van der Waals surface area contributed by atoms with Crippen molar-refractivity contribution in [2.75, 3.05) is 19.6 Å². The zero-order valence-electron chi connectivity index (χ0n) is 12.7. The summed E-state index contributed by atoms with van der Waals surface area (Å²) in [7, 11) is 0. The van der Waals surface area contributed by atoms with Crippen LogP contribution in [0.15, 0.2) is 29.4 Å². The van der Waals surface area contributed by atoms with Gasteiger partial charge in [0.05, 0.1) is 6.54 Å². The predicted octanol–water partition coefficient (Wildman–Crippen LogP) is 2.05. The summed E-state index contributed by atoms with van der Waals surface area (Å²) in [6, 6.07) is 6.39. The van der Waals surface area contributed by atoms with Crippen LogP contribution in [0.2, 0.25) is 0 Å². The van der Waals surface area contributed by atoms with Gasteiger partial charge in [-0.3, -0.25) is 4.99 Å². The fraction of sp³-hybridized carbons (Fsp3) is 0.625. The summed E-state index contributed by atoms with van der Waals surface area (Å²) in [4.78, 5) is 11.2. The molecule has 5 nitrogen and oxygen atoms in total. The summed E-state index contributed by atoms with van der Waals surface area (Å²) in [5, 5.41) is 3.59. The van der Waals surface area contributed by atoms with Crippen LogP contribution in [-0.4, -0.2) is 47.6 Å². The van der Waals surface area contributed by atoms with E-state index in [0.29, 0.717) is 11.9 Å². The third kappa shape index (κ3) is 3.65. The highest BCUT2D eigenvalue weighted by atomic mass is 16.5. The van der Waals surface area contributed by atoms with Crippen LogP contribution in [0.3, 0.4) is 0 Å². The number of nitrogens with one attached hydrogen (secondary N) is 1. The first-order chi connectivity index (χ1) is 10.3. The van der Waals surface area contributed by atoms with E-state index in [0.717, 1.165) is 32.0 Å². The van der Waals surface area contributed by atoms with Gasteiger partial charge in [0, 0.05) is 37.8 Å². The molecule has 0 bridgehead atoms. The maximum Gasteiger partial charge on any atom is 0.213 e. The van der Waals surface area contributed by atoms with Gasteiger partial charge < -0.3 is 15.0 Å². The van der Waals surface area contributed by atoms with E-state index >= 15 is 0 Å². The Morgan fingerprint density at radius 3 is 3.00 bits per heavy atom. The molecule has 1 saturated carbocycles. The van der Waals surface area contributed by atoms with Gasteiger partial charge in [-0.2, -0.15) is 0 Å². The molecule has 0 radical (unpaired) electrons. The van der Waals surface area contributed by atoms with Crippen LogP contribution in [0.1, 0.15) is 32.6 Å². The van der Waals surface area contributed by atoms with Crippen molar-refractivity contribution < 1.29 is 4.74 Å². The molecule has 1 aliphatic carbocycles. The van der Waals surface area contributed by atoms with Gasteiger partial charge in [0.25, 0.3) is 0 Å². The highest BCUT2D eigenvalue weighted by Gasteiger charge is 2.28. The molecule has 5 heteroatoms. The standard InChI is InChI=1S/C16H24N4O/c1-2-17-16(19-13-6-5-7-13)20-11-9-14(12-20)21-15-8-3-4-10-18-15/h3-4,8,10,13-14H,2,5-7,9,11-12H2,1H3,(H,17,19). The summed E-state index contributed by atoms with van der Waals surface area (Å²) in [5.41, 5.74) is 0. The Balaban J connectivity index is 1.55. The zero-order chi connectivity index (χ0) is 14.5. The molecule has 21 heavy (non-hydrogen) atoms. The van der Waals surface area contributed by atoms with Gasteiger partial charge in [0.15, 0.2) is 5.96 Å². The first-order valence-corrected chi connectivity index (χ1v) is 7.98. The second-order valence-electron chi connectivity index (χ2n) is 5.71. The number of nitrogens with zero attached hydrogens (tertiary/aromatic N) is 3. The molecule has 2 fully saturated rings. The van der Waals surface area contributed by atoms with Crippen LogP contribution < -0.4 is 10.1 Å². The van der Waals surface area contributed by atoms with Crippen LogP contribution in [0.25, 0.3) is 0 Å². The lowest BCUT2D eigenvalue weighted by Crippen LogP contribution is -2.48. The van der Waals surface area contributed by atoms with Crippen LogP contribution >= 0.6 is 0 Å². The molecule has 0 aromatic carbocycles. The Bertz CT molecular complexity index is 472. The number of guanidine groups is 1. The van der Waals surface area contributed by atoms with Gasteiger partial charge in [-0.25, -0.2) is 4.98 Å². The molecular formula is C16H24N4O. The molecule has 3 rings (SSSR count). The summed E-state index contributed by atoms with van der Waals surface area (Å²) in [6.45, 7) is 4.78. The van der Waals surface area contributed by atoms with Crippen molar-refractivity contribution in [3.05, 3.63) is 24.4 Å². The number of rotatable bonds is 4. The smallest absolute Gasteiger partial charge is 0.213 e. The number of likely N-dealkylation sites (tertiary alicyclic amines) is 1. The van der Waals surface area contributed by atoms with E-state index in [1.54, 1.807) is 6.20 Å². The maximum absolute atomic E-state index is 5.94. The monoisotopic (exact) mass is 288 g/mol. The van der Waals surface area contributed by atoms with Crippen LogP contribution in [0.5, 0.6) is 5.88 Å². The maximum atomic E-state index is 5.94. The second kappa shape index (κ2) is 6.78. The Morgan fingerprint density at radius 2 is 2.33 bits per heavy atom. The quantitative estimate of drug-likeness (QED) is 0.680. The average molecular weight is 288 g/mol. The minimum absolute atomic E-state index is 0.199. The molecule has 1 aliphatic heterocycles. The van der Waals surface area contributed by atoms with Crippen molar-refractivity contribution in [1.29, 1.82) is 0 Å². The molecule has 1 aromatic heterocycles. The summed E-state index contributed by atoms with van der Waals surface area (Å²) in [6.07, 6.45) is 6.86. The Hall–Kier alpha value is -1.78. The minimum Gasteiger partial charge on any atom is -0.472 e. The lowest BCUT2D eigenvalue weighted by atomic mass is 9.93. The SMILES string of the molecule is CCN=C(NC1CCC1)N1CCC(Oc2ccccn2)C1. The zero-order valence-corrected chi connectivity index (χ0v) is 12.7. The van der Waals surface area contributed by atoms with E-state index in [2.05, 4.69) is 27.1 Å². The van der Waals surface area contributed by atoms with Gasteiger partial charge in [-0.15, -0.1) is 0 Å². The molecule has 1 unspecified atom stereocenters. The third-order valence-electron chi connectivity index (χ3n) is 4.12. The highest BCUT2D eigenvalue weighted by Crippen LogP contribution is 2.20. The molecule has 1 aromatic rings. The lowest BCUT2D eigenvalue weighted by molar-refractivity contribution is 0.205. The molecule has 114 valence electrons. The average Bonchev–Trinajstić information content (AvgIpc) is 2.91. The third-order valence-corrected chi connectivity index (χ3v) is 4.12. The first kappa shape index (κ1) is 14.2. The topological polar surface area (TPSA) is 49.8 Å². The van der Waals surface area contributed by atoms with E-state index in [-0.39, 0.29) is 6.10 Å². The van der Waals surface area contributed by atoms with Crippen molar-refractivity contribution >= 4 is 5.96 Å². The van der Waals surface area contributed by atoms with Crippen molar-refractivity contribution in [3.8, 4) is 5.88 Å². The van der Waals surface area contributed by atoms with Crippen molar-refractivity contribution in [1.82, 2.24) is 15.2 Å². The molecule has 1 atom stereocenters. The first-order valence-electron chi connectivity index (χ1n) is 7.98. The predicted molar refractivity (Wildman–Crippen MR) is 83.6 cm³/mol. The Labute approximate surface area is 126 Å². The van der Waals surface area contributed by atoms with Gasteiger partial charge in [-0.1, -0.05) is 6.07 Å². The number of ether oxygens (including phenoxy) is 1. The van der Waals surface area contributed by atoms with Gasteiger partial charge in [0.1, 0.15) is 6.10 Å². The van der Waals surface area contributed by atoms with Gasteiger partial charge in [0.2, 0.25) is 5.88 Å². The second-order valence-corrected chi connectivity index (χ2v) is 5.71. The highest BCUT2D eigenvalue weighted by molar-refractivity contribution is 5.80. The number of aromatic nitrogens is 1. The summed E-state index contributed by atoms with van der Waals surface area (Å²) < 4.78 is 5.94. The van der Waals surface area contributed by atoms with Crippen molar-refractivity contribution in [3.63, 3.8) is 0 Å². The molecule has 1 N–H and O–H groups in total. The van der Waals surface area contributed by atoms with Gasteiger partial charge in [-0.05, 0) is 32.3 Å². The normalized spacial score (nSPS) is 23.0. The van der Waals surface area contributed by atoms with E-state index < -0.39 is 0 Å². The van der Waals surface area contributed by atoms with Crippen molar-refractivity contribution in [2.24, 2.45) is 4.99 Å². The van der Waals surface area contributed by atoms with Crippen LogP contribution in [-0.2, 0) is 0 Å². The van der Waals surface area contributed by atoms with Crippen LogP contribution in [0, 0.1) is 0 Å². The fourth-order valence-corrected chi connectivity index (χ4v) is 2.73. The number of aliphatic imine (C=N–C) groups is 1. The number of hydrogen-bond donors (Lipinski definition) is 1. The molecule has 0 amide bonds. The summed E-state index contributed by atoms with van der Waals surface area (Å²) in [5.74, 6) is 1.76. The minimum atomic E-state index is 0.199. The van der Waals surface area contributed by atoms with E-state index in [1.807, 2.05) is 18.2 Å². The lowest BCUT2D eigenvalue weighted by Gasteiger charge is -2.31. The van der Waals surface area contributed by atoms with Crippen molar-refractivity contribution in [2.45, 2.75) is 44.8 Å². The number of pyridine rings is 1. The molecule has 2 heterocycles. The largest absolute Gasteiger partial charge is 0.472 e. The molecular weight excluding hydrogens is 264 g/mol. The van der Waals surface area contributed by atoms with Crippen LogP contribution in [0.4, 0.5) is 0 Å². The Morgan fingerprint density at radius 1 is 1.43 bits per heavy atom. The summed E-state index contributed by atoms with van der Waals surface area (Å²) >= 11 is 0. The molecule has 1 saturated heterocycles. The van der Waals surface area contributed by atoms with E-state index in [4.69, 9.17) is 4.74 Å². The fourth-order valence-electron chi connectivity index (χ4n) is 2.73. The molecule has 2 aliphatic rings. The van der Waals surface area contributed by atoms with E-state index in [1.165, 1.54) is 19.3 Å². The molecule has 0 spiro atoms. The van der Waals surface area contributed by atoms with E-state index in [9.17, 15) is 0 Å². The Kier molecular flexibility index (Phi) is 4.58.